The molecule has 5 heteroatoms. The van der Waals surface area contributed by atoms with Crippen LogP contribution < -0.4 is 0 Å². The molecule has 2 unspecified atom stereocenters. The van der Waals surface area contributed by atoms with Crippen LogP contribution in [0, 0.1) is 5.92 Å². The standard InChI is InChI=1S/C10H13BrO3S/c1-3-6(10(13)14-2)9(12)7-4-5-8(11)15-7/h4-6,9,12H,3H2,1-2H3. The van der Waals surface area contributed by atoms with E-state index in [1.165, 1.54) is 18.4 Å². The Morgan fingerprint density at radius 3 is 2.73 bits per heavy atom. The summed E-state index contributed by atoms with van der Waals surface area (Å²) in [6.07, 6.45) is -0.220. The first-order valence-corrected chi connectivity index (χ1v) is 6.22. The molecule has 1 aromatic heterocycles. The number of carbonyl (C=O) groups excluding carboxylic acids is 1. The van der Waals surface area contributed by atoms with Gasteiger partial charge in [0, 0.05) is 4.88 Å². The van der Waals surface area contributed by atoms with E-state index < -0.39 is 12.0 Å². The lowest BCUT2D eigenvalue weighted by Crippen LogP contribution is -2.22. The van der Waals surface area contributed by atoms with Crippen LogP contribution in [0.5, 0.6) is 0 Å². The molecule has 0 fully saturated rings. The lowest BCUT2D eigenvalue weighted by molar-refractivity contribution is -0.149. The van der Waals surface area contributed by atoms with E-state index in [-0.39, 0.29) is 5.97 Å². The van der Waals surface area contributed by atoms with Crippen molar-refractivity contribution in [1.29, 1.82) is 0 Å². The van der Waals surface area contributed by atoms with Gasteiger partial charge in [-0.05, 0) is 34.5 Å². The molecule has 3 nitrogen and oxygen atoms in total. The Hall–Kier alpha value is -0.390. The minimum absolute atomic E-state index is 0.366. The predicted octanol–water partition coefficient (Wildman–Crippen LogP) is 2.74. The van der Waals surface area contributed by atoms with E-state index in [0.29, 0.717) is 6.42 Å². The molecule has 0 spiro atoms. The molecule has 0 amide bonds. The van der Waals surface area contributed by atoms with E-state index in [0.717, 1.165) is 8.66 Å². The molecule has 15 heavy (non-hydrogen) atoms. The van der Waals surface area contributed by atoms with Crippen molar-refractivity contribution in [2.75, 3.05) is 7.11 Å². The molecular formula is C10H13BrO3S. The number of thiophene rings is 1. The SMILES string of the molecule is CCC(C(=O)OC)C(O)c1ccc(Br)s1. The van der Waals surface area contributed by atoms with Gasteiger partial charge in [0.2, 0.25) is 0 Å². The number of ether oxygens (including phenoxy) is 1. The van der Waals surface area contributed by atoms with Crippen LogP contribution in [0.4, 0.5) is 0 Å². The molecule has 0 aromatic carbocycles. The Morgan fingerprint density at radius 2 is 2.33 bits per heavy atom. The average molecular weight is 293 g/mol. The molecule has 0 saturated carbocycles. The van der Waals surface area contributed by atoms with Gasteiger partial charge in [-0.1, -0.05) is 6.92 Å². The lowest BCUT2D eigenvalue weighted by Gasteiger charge is -2.17. The van der Waals surface area contributed by atoms with Crippen molar-refractivity contribution in [1.82, 2.24) is 0 Å². The van der Waals surface area contributed by atoms with Crippen LogP contribution in [0.15, 0.2) is 15.9 Å². The second-order valence-corrected chi connectivity index (χ2v) is 5.62. The van der Waals surface area contributed by atoms with Gasteiger partial charge in [-0.15, -0.1) is 11.3 Å². The maximum Gasteiger partial charge on any atom is 0.311 e. The molecule has 0 bridgehead atoms. The van der Waals surface area contributed by atoms with Crippen LogP contribution in [0.25, 0.3) is 0 Å². The van der Waals surface area contributed by atoms with Crippen molar-refractivity contribution in [2.45, 2.75) is 19.4 Å². The van der Waals surface area contributed by atoms with Crippen LogP contribution in [0.3, 0.4) is 0 Å². The summed E-state index contributed by atoms with van der Waals surface area (Å²) in [5.41, 5.74) is 0. The van der Waals surface area contributed by atoms with Crippen molar-refractivity contribution in [3.8, 4) is 0 Å². The third-order valence-electron chi connectivity index (χ3n) is 2.21. The van der Waals surface area contributed by atoms with Crippen molar-refractivity contribution in [3.05, 3.63) is 20.8 Å². The number of rotatable bonds is 4. The maximum atomic E-state index is 11.4. The predicted molar refractivity (Wildman–Crippen MR) is 62.8 cm³/mol. The number of aliphatic hydroxyl groups is 1. The van der Waals surface area contributed by atoms with Gasteiger partial charge in [0.15, 0.2) is 0 Å². The van der Waals surface area contributed by atoms with E-state index in [2.05, 4.69) is 20.7 Å². The van der Waals surface area contributed by atoms with Crippen molar-refractivity contribution in [3.63, 3.8) is 0 Å². The number of aliphatic hydroxyl groups excluding tert-OH is 1. The van der Waals surface area contributed by atoms with E-state index >= 15 is 0 Å². The van der Waals surface area contributed by atoms with E-state index in [1.807, 2.05) is 19.1 Å². The minimum Gasteiger partial charge on any atom is -0.469 e. The zero-order valence-corrected chi connectivity index (χ0v) is 11.0. The van der Waals surface area contributed by atoms with Crippen LogP contribution in [-0.4, -0.2) is 18.2 Å². The largest absolute Gasteiger partial charge is 0.469 e. The first kappa shape index (κ1) is 12.7. The summed E-state index contributed by atoms with van der Waals surface area (Å²) >= 11 is 4.74. The minimum atomic E-state index is -0.779. The fraction of sp³-hybridized carbons (Fsp3) is 0.500. The first-order valence-electron chi connectivity index (χ1n) is 4.61. The van der Waals surface area contributed by atoms with Gasteiger partial charge in [-0.2, -0.15) is 0 Å². The van der Waals surface area contributed by atoms with Crippen LogP contribution in [0.1, 0.15) is 24.3 Å². The highest BCUT2D eigenvalue weighted by Gasteiger charge is 2.28. The Labute approximate surface area is 101 Å². The Kier molecular flexibility index (Phi) is 4.76. The summed E-state index contributed by atoms with van der Waals surface area (Å²) in [5, 5.41) is 9.98. The average Bonchev–Trinajstić information content (AvgIpc) is 2.65. The van der Waals surface area contributed by atoms with Crippen molar-refractivity contribution < 1.29 is 14.6 Å². The quantitative estimate of drug-likeness (QED) is 0.868. The Morgan fingerprint density at radius 1 is 1.67 bits per heavy atom. The molecule has 1 N–H and O–H groups in total. The third-order valence-corrected chi connectivity index (χ3v) is 3.90. The second kappa shape index (κ2) is 5.63. The number of hydrogen-bond acceptors (Lipinski definition) is 4. The third kappa shape index (κ3) is 3.03. The fourth-order valence-electron chi connectivity index (χ4n) is 1.36. The van der Waals surface area contributed by atoms with E-state index in [1.54, 1.807) is 0 Å². The van der Waals surface area contributed by atoms with E-state index in [4.69, 9.17) is 0 Å². The number of halogens is 1. The van der Waals surface area contributed by atoms with Gasteiger partial charge in [-0.25, -0.2) is 0 Å². The molecular weight excluding hydrogens is 280 g/mol. The van der Waals surface area contributed by atoms with Crippen LogP contribution in [0.2, 0.25) is 0 Å². The number of carbonyl (C=O) groups is 1. The molecule has 1 rings (SSSR count). The van der Waals surface area contributed by atoms with Gasteiger partial charge in [0.1, 0.15) is 6.10 Å². The van der Waals surface area contributed by atoms with Gasteiger partial charge < -0.3 is 9.84 Å². The maximum absolute atomic E-state index is 11.4. The monoisotopic (exact) mass is 292 g/mol. The smallest absolute Gasteiger partial charge is 0.311 e. The molecule has 1 heterocycles. The van der Waals surface area contributed by atoms with Gasteiger partial charge in [-0.3, -0.25) is 4.79 Å². The topological polar surface area (TPSA) is 46.5 Å². The van der Waals surface area contributed by atoms with Gasteiger partial charge in [0.25, 0.3) is 0 Å². The highest BCUT2D eigenvalue weighted by molar-refractivity contribution is 9.11. The number of hydrogen-bond donors (Lipinski definition) is 1. The zero-order chi connectivity index (χ0) is 11.4. The Balaban J connectivity index is 2.81. The van der Waals surface area contributed by atoms with Crippen molar-refractivity contribution in [2.24, 2.45) is 5.92 Å². The van der Waals surface area contributed by atoms with Gasteiger partial charge in [0.05, 0.1) is 16.8 Å². The number of esters is 1. The second-order valence-electron chi connectivity index (χ2n) is 3.12. The highest BCUT2D eigenvalue weighted by Crippen LogP contribution is 2.33. The summed E-state index contributed by atoms with van der Waals surface area (Å²) in [5.74, 6) is -0.852. The summed E-state index contributed by atoms with van der Waals surface area (Å²) in [6.45, 7) is 1.85. The normalized spacial score (nSPS) is 14.7. The molecule has 1 aromatic rings. The van der Waals surface area contributed by atoms with Crippen LogP contribution >= 0.6 is 27.3 Å². The molecule has 2 atom stereocenters. The summed E-state index contributed by atoms with van der Waals surface area (Å²) in [4.78, 5) is 12.2. The van der Waals surface area contributed by atoms with Crippen molar-refractivity contribution >= 4 is 33.2 Å². The molecule has 0 radical (unpaired) electrons. The zero-order valence-electron chi connectivity index (χ0n) is 8.57. The molecule has 84 valence electrons. The highest BCUT2D eigenvalue weighted by atomic mass is 79.9. The van der Waals surface area contributed by atoms with Gasteiger partial charge >= 0.3 is 5.97 Å². The summed E-state index contributed by atoms with van der Waals surface area (Å²) in [6, 6.07) is 3.66. The summed E-state index contributed by atoms with van der Waals surface area (Å²) in [7, 11) is 1.34. The van der Waals surface area contributed by atoms with Crippen LogP contribution in [-0.2, 0) is 9.53 Å². The Bertz CT molecular complexity index is 337. The lowest BCUT2D eigenvalue weighted by atomic mass is 9.98. The molecule has 0 aliphatic rings. The fourth-order valence-corrected chi connectivity index (χ4v) is 2.83. The molecule has 0 aliphatic heterocycles. The number of methoxy groups -OCH3 is 1. The summed E-state index contributed by atoms with van der Waals surface area (Å²) < 4.78 is 5.59. The molecule has 0 aliphatic carbocycles. The van der Waals surface area contributed by atoms with E-state index in [9.17, 15) is 9.90 Å². The molecule has 0 saturated heterocycles. The first-order chi connectivity index (χ1) is 7.10.